The number of nitrogens with one attached hydrogen (secondary N) is 1. The lowest BCUT2D eigenvalue weighted by Crippen LogP contribution is -2.27. The highest BCUT2D eigenvalue weighted by molar-refractivity contribution is 7.13. The summed E-state index contributed by atoms with van der Waals surface area (Å²) in [5, 5.41) is 10.3. The molecule has 4 rings (SSSR count). The highest BCUT2D eigenvalue weighted by atomic mass is 32.1. The van der Waals surface area contributed by atoms with Crippen LogP contribution in [0.5, 0.6) is 0 Å². The largest absolute Gasteiger partial charge is 0.340 e. The second-order valence-electron chi connectivity index (χ2n) is 4.70. The Morgan fingerprint density at radius 1 is 1.33 bits per heavy atom. The lowest BCUT2D eigenvalue weighted by molar-refractivity contribution is 0.648. The molecular formula is C13H12N6OS. The van der Waals surface area contributed by atoms with Crippen LogP contribution in [0.2, 0.25) is 0 Å². The van der Waals surface area contributed by atoms with E-state index >= 15 is 0 Å². The molecule has 0 aliphatic rings. The van der Waals surface area contributed by atoms with Crippen molar-refractivity contribution in [3.8, 4) is 10.7 Å². The van der Waals surface area contributed by atoms with E-state index < -0.39 is 0 Å². The van der Waals surface area contributed by atoms with Crippen molar-refractivity contribution in [1.82, 2.24) is 29.1 Å². The number of nitrogens with zero attached hydrogens (tertiary/aromatic N) is 5. The molecule has 0 aliphatic heterocycles. The van der Waals surface area contributed by atoms with Gasteiger partial charge in [0.25, 0.3) is 0 Å². The zero-order valence-electron chi connectivity index (χ0n) is 11.3. The van der Waals surface area contributed by atoms with E-state index in [0.717, 1.165) is 16.8 Å². The van der Waals surface area contributed by atoms with Gasteiger partial charge in [0.15, 0.2) is 17.1 Å². The Kier molecular flexibility index (Phi) is 2.64. The lowest BCUT2D eigenvalue weighted by atomic mass is 10.4. The van der Waals surface area contributed by atoms with Crippen molar-refractivity contribution in [2.75, 3.05) is 0 Å². The van der Waals surface area contributed by atoms with Crippen molar-refractivity contribution < 1.29 is 0 Å². The summed E-state index contributed by atoms with van der Waals surface area (Å²) >= 11 is 1.53. The molecule has 8 heteroatoms. The first kappa shape index (κ1) is 12.3. The molecule has 0 unspecified atom stereocenters. The van der Waals surface area contributed by atoms with Gasteiger partial charge in [-0.15, -0.1) is 21.5 Å². The Balaban J connectivity index is 2.17. The van der Waals surface area contributed by atoms with Crippen LogP contribution in [0, 0.1) is 0 Å². The van der Waals surface area contributed by atoms with Crippen LogP contribution in [0.15, 0.2) is 28.6 Å². The monoisotopic (exact) mass is 300 g/mol. The van der Waals surface area contributed by atoms with Crippen molar-refractivity contribution in [2.45, 2.75) is 19.9 Å². The number of hydrogen-bond donors (Lipinski definition) is 1. The van der Waals surface area contributed by atoms with Crippen LogP contribution in [-0.4, -0.2) is 29.1 Å². The summed E-state index contributed by atoms with van der Waals surface area (Å²) < 4.78 is 3.22. The highest BCUT2D eigenvalue weighted by Crippen LogP contribution is 2.24. The molecule has 0 atom stereocenters. The SMILES string of the molecule is CCCn1c(=O)n2c(-c3cccs3)nnc2c2[nH]cnc21. The van der Waals surface area contributed by atoms with E-state index in [4.69, 9.17) is 0 Å². The topological polar surface area (TPSA) is 80.9 Å². The van der Waals surface area contributed by atoms with Crippen molar-refractivity contribution in [3.63, 3.8) is 0 Å². The van der Waals surface area contributed by atoms with Crippen LogP contribution in [0.3, 0.4) is 0 Å². The minimum atomic E-state index is -0.153. The fourth-order valence-electron chi connectivity index (χ4n) is 2.49. The minimum absolute atomic E-state index is 0.153. The van der Waals surface area contributed by atoms with Crippen LogP contribution in [0.4, 0.5) is 0 Å². The molecule has 1 N–H and O–H groups in total. The smallest absolute Gasteiger partial charge is 0.337 e. The van der Waals surface area contributed by atoms with Gasteiger partial charge in [0, 0.05) is 6.54 Å². The first-order chi connectivity index (χ1) is 10.3. The normalized spacial score (nSPS) is 11.7. The molecule has 106 valence electrons. The maximum absolute atomic E-state index is 12.8. The number of H-pyrrole nitrogens is 1. The number of hydrogen-bond acceptors (Lipinski definition) is 5. The number of thiophene rings is 1. The van der Waals surface area contributed by atoms with Crippen molar-refractivity contribution in [3.05, 3.63) is 34.3 Å². The van der Waals surface area contributed by atoms with Crippen LogP contribution in [0.1, 0.15) is 13.3 Å². The number of aromatic amines is 1. The summed E-state index contributed by atoms with van der Waals surface area (Å²) in [5.41, 5.74) is 1.72. The maximum atomic E-state index is 12.8. The molecule has 0 spiro atoms. The first-order valence-electron chi connectivity index (χ1n) is 6.66. The highest BCUT2D eigenvalue weighted by Gasteiger charge is 2.18. The second kappa shape index (κ2) is 4.52. The van der Waals surface area contributed by atoms with E-state index in [1.54, 1.807) is 15.3 Å². The molecular weight excluding hydrogens is 288 g/mol. The Labute approximate surface area is 122 Å². The Bertz CT molecular complexity index is 978. The predicted octanol–water partition coefficient (Wildman–Crippen LogP) is 1.91. The van der Waals surface area contributed by atoms with Gasteiger partial charge in [-0.2, -0.15) is 0 Å². The van der Waals surface area contributed by atoms with Crippen molar-refractivity contribution >= 4 is 28.1 Å². The first-order valence-corrected chi connectivity index (χ1v) is 7.54. The molecule has 7 nitrogen and oxygen atoms in total. The van der Waals surface area contributed by atoms with Crippen molar-refractivity contribution in [1.29, 1.82) is 0 Å². The van der Waals surface area contributed by atoms with Gasteiger partial charge in [-0.25, -0.2) is 14.2 Å². The standard InChI is InChI=1S/C13H12N6OS/c1-2-5-18-11-9(14-7-15-11)12-17-16-10(19(12)13(18)20)8-4-3-6-21-8/h3-4,6-7H,2,5H2,1H3,(H,14,15). The quantitative estimate of drug-likeness (QED) is 0.626. The summed E-state index contributed by atoms with van der Waals surface area (Å²) in [6.07, 6.45) is 2.43. The summed E-state index contributed by atoms with van der Waals surface area (Å²) in [5.74, 6) is 0.575. The molecule has 4 aromatic rings. The number of imidazole rings is 1. The van der Waals surface area contributed by atoms with Crippen LogP contribution >= 0.6 is 11.3 Å². The van der Waals surface area contributed by atoms with E-state index in [0.29, 0.717) is 23.7 Å². The van der Waals surface area contributed by atoms with Crippen LogP contribution < -0.4 is 5.69 Å². The average Bonchev–Trinajstić information content (AvgIpc) is 3.20. The van der Waals surface area contributed by atoms with Gasteiger partial charge in [-0.05, 0) is 17.9 Å². The number of fused-ring (bicyclic) bond motifs is 3. The fourth-order valence-corrected chi connectivity index (χ4v) is 3.18. The summed E-state index contributed by atoms with van der Waals surface area (Å²) in [4.78, 5) is 21.0. The molecule has 0 bridgehead atoms. The van der Waals surface area contributed by atoms with Gasteiger partial charge >= 0.3 is 5.69 Å². The third-order valence-corrected chi connectivity index (χ3v) is 4.24. The zero-order valence-corrected chi connectivity index (χ0v) is 12.1. The summed E-state index contributed by atoms with van der Waals surface area (Å²) in [7, 11) is 0. The molecule has 21 heavy (non-hydrogen) atoms. The molecule has 0 aromatic carbocycles. The number of aromatic nitrogens is 6. The molecule has 0 fully saturated rings. The van der Waals surface area contributed by atoms with Gasteiger partial charge in [-0.1, -0.05) is 13.0 Å². The van der Waals surface area contributed by atoms with E-state index in [1.807, 2.05) is 24.4 Å². The van der Waals surface area contributed by atoms with Gasteiger partial charge in [-0.3, -0.25) is 4.57 Å². The third kappa shape index (κ3) is 1.65. The lowest BCUT2D eigenvalue weighted by Gasteiger charge is -2.06. The minimum Gasteiger partial charge on any atom is -0.340 e. The van der Waals surface area contributed by atoms with Gasteiger partial charge < -0.3 is 4.98 Å². The second-order valence-corrected chi connectivity index (χ2v) is 5.64. The Hall–Kier alpha value is -2.48. The van der Waals surface area contributed by atoms with Gasteiger partial charge in [0.1, 0.15) is 5.52 Å². The Morgan fingerprint density at radius 3 is 3.00 bits per heavy atom. The van der Waals surface area contributed by atoms with Crippen LogP contribution in [-0.2, 0) is 6.54 Å². The third-order valence-electron chi connectivity index (χ3n) is 3.37. The molecule has 0 amide bonds. The van der Waals surface area contributed by atoms with E-state index in [1.165, 1.54) is 11.3 Å². The summed E-state index contributed by atoms with van der Waals surface area (Å²) in [6.45, 7) is 2.64. The average molecular weight is 300 g/mol. The van der Waals surface area contributed by atoms with Crippen molar-refractivity contribution in [2.24, 2.45) is 0 Å². The molecule has 0 aliphatic carbocycles. The molecule has 4 heterocycles. The zero-order chi connectivity index (χ0) is 14.4. The summed E-state index contributed by atoms with van der Waals surface area (Å²) in [6, 6.07) is 3.86. The fraction of sp³-hybridized carbons (Fsp3) is 0.231. The van der Waals surface area contributed by atoms with E-state index in [2.05, 4.69) is 20.2 Å². The number of rotatable bonds is 3. The molecule has 0 saturated carbocycles. The number of aryl methyl sites for hydroxylation is 1. The van der Waals surface area contributed by atoms with Gasteiger partial charge in [0.2, 0.25) is 0 Å². The van der Waals surface area contributed by atoms with Crippen LogP contribution in [0.25, 0.3) is 27.5 Å². The molecule has 0 saturated heterocycles. The molecule has 0 radical (unpaired) electrons. The van der Waals surface area contributed by atoms with E-state index in [-0.39, 0.29) is 5.69 Å². The van der Waals surface area contributed by atoms with E-state index in [9.17, 15) is 4.79 Å². The maximum Gasteiger partial charge on any atom is 0.337 e. The molecule has 4 aromatic heterocycles. The van der Waals surface area contributed by atoms with Gasteiger partial charge in [0.05, 0.1) is 11.2 Å². The Morgan fingerprint density at radius 2 is 2.24 bits per heavy atom. The predicted molar refractivity (Wildman–Crippen MR) is 80.5 cm³/mol.